The number of ether oxygens (including phenoxy) is 1. The van der Waals surface area contributed by atoms with Crippen molar-refractivity contribution in [2.75, 3.05) is 24.6 Å². The number of phenolic OH excluding ortho intramolecular Hbond substituents is 1. The predicted octanol–water partition coefficient (Wildman–Crippen LogP) is 6.29. The summed E-state index contributed by atoms with van der Waals surface area (Å²) >= 11 is 0. The van der Waals surface area contributed by atoms with E-state index in [9.17, 15) is 13.9 Å². The normalized spacial score (nSPS) is 26.4. The number of phenols is 1. The first-order valence-electron chi connectivity index (χ1n) is 15.4. The lowest BCUT2D eigenvalue weighted by atomic mass is 9.95. The van der Waals surface area contributed by atoms with Crippen molar-refractivity contribution >= 4 is 27.5 Å². The van der Waals surface area contributed by atoms with Crippen LogP contribution in [0.4, 0.5) is 19.0 Å². The van der Waals surface area contributed by atoms with Gasteiger partial charge >= 0.3 is 6.01 Å². The molecule has 10 heteroatoms. The molecule has 0 saturated carbocycles. The van der Waals surface area contributed by atoms with Crippen molar-refractivity contribution in [1.29, 1.82) is 0 Å². The largest absolute Gasteiger partial charge is 0.508 e. The van der Waals surface area contributed by atoms with Gasteiger partial charge < -0.3 is 14.7 Å². The summed E-state index contributed by atoms with van der Waals surface area (Å²) < 4.78 is 52.3. The monoisotopic (exact) mass is 599 g/mol. The molecule has 4 atom stereocenters. The highest BCUT2D eigenvalue weighted by atomic mass is 19.1. The zero-order chi connectivity index (χ0) is 30.2. The van der Waals surface area contributed by atoms with Gasteiger partial charge in [-0.25, -0.2) is 13.2 Å². The fourth-order valence-electron chi connectivity index (χ4n) is 8.33. The Hall–Kier alpha value is -4.10. The molecule has 4 fully saturated rings. The van der Waals surface area contributed by atoms with Crippen molar-refractivity contribution < 1.29 is 23.0 Å². The van der Waals surface area contributed by atoms with Crippen molar-refractivity contribution in [3.63, 3.8) is 0 Å². The summed E-state index contributed by atoms with van der Waals surface area (Å²) in [5, 5.41) is 11.7. The Labute approximate surface area is 253 Å². The van der Waals surface area contributed by atoms with Crippen LogP contribution in [0.3, 0.4) is 0 Å². The SMILES string of the molecule is C#Cc1c(F)ccc2cc(O)cc(-c3ncc4c(N5C6CCCC5CC6)nc(OC[C@@]56CCCN5C[C@H](F)C6)nc4c3F)c12. The molecule has 2 unspecified atom stereocenters. The van der Waals surface area contributed by atoms with Gasteiger partial charge in [-0.2, -0.15) is 9.97 Å². The second kappa shape index (κ2) is 10.2. The Kier molecular flexibility index (Phi) is 6.38. The van der Waals surface area contributed by atoms with Crippen molar-refractivity contribution in [2.24, 2.45) is 0 Å². The van der Waals surface area contributed by atoms with E-state index in [1.165, 1.54) is 24.3 Å². The lowest BCUT2D eigenvalue weighted by molar-refractivity contribution is 0.107. The molecule has 7 nitrogen and oxygen atoms in total. The number of fused-ring (bicyclic) bond motifs is 5. The molecule has 4 aliphatic heterocycles. The molecule has 2 bridgehead atoms. The van der Waals surface area contributed by atoms with Gasteiger partial charge in [0.15, 0.2) is 5.82 Å². The van der Waals surface area contributed by atoms with Crippen molar-refractivity contribution in [3.05, 3.63) is 47.7 Å². The van der Waals surface area contributed by atoms with Gasteiger partial charge in [0.05, 0.1) is 16.5 Å². The molecule has 6 heterocycles. The Morgan fingerprint density at radius 3 is 2.70 bits per heavy atom. The minimum absolute atomic E-state index is 0.0192. The molecule has 2 aromatic heterocycles. The number of anilines is 1. The molecule has 0 radical (unpaired) electrons. The molecule has 0 spiro atoms. The van der Waals surface area contributed by atoms with Crippen molar-refractivity contribution in [1.82, 2.24) is 19.9 Å². The summed E-state index contributed by atoms with van der Waals surface area (Å²) in [5.41, 5.74) is -0.396. The standard InChI is InChI=1S/C34H32F3N5O2/c1-2-24-27(36)10-7-19-13-23(43)14-25(28(19)24)30-29(37)31-26(16-38-30)32(42-21-5-3-6-22(42)9-8-21)40-33(39-31)44-18-34-11-4-12-41(34)17-20(35)15-34/h1,7,10,13-14,16,20-22,43H,3-6,8-9,11-12,15,17-18H2/t20-,21?,22?,34+/m1/s1. The number of hydrogen-bond acceptors (Lipinski definition) is 7. The Bertz CT molecular complexity index is 1850. The van der Waals surface area contributed by atoms with Gasteiger partial charge in [0.25, 0.3) is 0 Å². The number of aromatic nitrogens is 3. The maximum Gasteiger partial charge on any atom is 0.319 e. The second-order valence-electron chi connectivity index (χ2n) is 12.8. The predicted molar refractivity (Wildman–Crippen MR) is 161 cm³/mol. The zero-order valence-electron chi connectivity index (χ0n) is 24.2. The maximum atomic E-state index is 16.8. The van der Waals surface area contributed by atoms with Crippen LogP contribution in [0.5, 0.6) is 11.8 Å². The molecule has 2 aromatic carbocycles. The molecule has 1 N–H and O–H groups in total. The van der Waals surface area contributed by atoms with Gasteiger partial charge in [-0.1, -0.05) is 12.0 Å². The van der Waals surface area contributed by atoms with Gasteiger partial charge in [-0.3, -0.25) is 9.88 Å². The number of aromatic hydroxyl groups is 1. The van der Waals surface area contributed by atoms with E-state index in [-0.39, 0.29) is 58.2 Å². The summed E-state index contributed by atoms with van der Waals surface area (Å²) in [5.74, 6) is 1.45. The van der Waals surface area contributed by atoms with Crippen LogP contribution >= 0.6 is 0 Å². The highest BCUT2D eigenvalue weighted by Gasteiger charge is 2.49. The molecule has 0 amide bonds. The van der Waals surface area contributed by atoms with Gasteiger partial charge in [0.1, 0.15) is 41.4 Å². The van der Waals surface area contributed by atoms with E-state index in [4.69, 9.17) is 16.1 Å². The van der Waals surface area contributed by atoms with Gasteiger partial charge in [-0.15, -0.1) is 6.42 Å². The second-order valence-corrected chi connectivity index (χ2v) is 12.8. The van der Waals surface area contributed by atoms with Crippen LogP contribution in [-0.4, -0.2) is 68.4 Å². The first kappa shape index (κ1) is 27.4. The first-order valence-corrected chi connectivity index (χ1v) is 15.4. The fraction of sp³-hybridized carbons (Fsp3) is 0.441. The number of pyridine rings is 1. The third kappa shape index (κ3) is 4.20. The van der Waals surface area contributed by atoms with Crippen LogP contribution in [0.15, 0.2) is 30.5 Å². The highest BCUT2D eigenvalue weighted by Crippen LogP contribution is 2.44. The number of piperidine rings is 1. The number of terminal acetylenes is 1. The average Bonchev–Trinajstić information content (AvgIpc) is 3.62. The van der Waals surface area contributed by atoms with E-state index in [2.05, 4.69) is 25.7 Å². The maximum absolute atomic E-state index is 16.8. The molecule has 44 heavy (non-hydrogen) atoms. The lowest BCUT2D eigenvalue weighted by Crippen LogP contribution is -2.43. The topological polar surface area (TPSA) is 74.6 Å². The average molecular weight is 600 g/mol. The molecule has 4 aliphatic rings. The van der Waals surface area contributed by atoms with E-state index in [1.54, 1.807) is 6.20 Å². The molecular formula is C34H32F3N5O2. The first-order chi connectivity index (χ1) is 21.3. The van der Waals surface area contributed by atoms with E-state index < -0.39 is 23.3 Å². The molecule has 0 aliphatic carbocycles. The van der Waals surface area contributed by atoms with Gasteiger partial charge in [0.2, 0.25) is 0 Å². The molecular weight excluding hydrogens is 567 g/mol. The zero-order valence-corrected chi connectivity index (χ0v) is 24.2. The number of hydrogen-bond donors (Lipinski definition) is 1. The summed E-state index contributed by atoms with van der Waals surface area (Å²) in [6, 6.07) is 6.10. The number of benzene rings is 2. The molecule has 4 aromatic rings. The summed E-state index contributed by atoms with van der Waals surface area (Å²) in [4.78, 5) is 18.4. The Morgan fingerprint density at radius 2 is 1.91 bits per heavy atom. The van der Waals surface area contributed by atoms with E-state index >= 15 is 4.39 Å². The Balaban J connectivity index is 1.29. The van der Waals surface area contributed by atoms with Crippen LogP contribution in [-0.2, 0) is 0 Å². The fourth-order valence-corrected chi connectivity index (χ4v) is 8.33. The highest BCUT2D eigenvalue weighted by molar-refractivity contribution is 6.03. The molecule has 4 saturated heterocycles. The van der Waals surface area contributed by atoms with E-state index in [0.29, 0.717) is 29.6 Å². The summed E-state index contributed by atoms with van der Waals surface area (Å²) in [6.07, 6.45) is 13.8. The van der Waals surface area contributed by atoms with Crippen molar-refractivity contribution in [3.8, 4) is 35.4 Å². The van der Waals surface area contributed by atoms with Crippen LogP contribution in [0, 0.1) is 24.0 Å². The quantitative estimate of drug-likeness (QED) is 0.271. The third-order valence-electron chi connectivity index (χ3n) is 10.3. The third-order valence-corrected chi connectivity index (χ3v) is 10.3. The van der Waals surface area contributed by atoms with Crippen molar-refractivity contribution in [2.45, 2.75) is 75.2 Å². The van der Waals surface area contributed by atoms with E-state index in [1.807, 2.05) is 0 Å². The summed E-state index contributed by atoms with van der Waals surface area (Å²) in [7, 11) is 0. The van der Waals surface area contributed by atoms with Gasteiger partial charge in [-0.05, 0) is 75.1 Å². The minimum Gasteiger partial charge on any atom is -0.508 e. The Morgan fingerprint density at radius 1 is 1.09 bits per heavy atom. The lowest BCUT2D eigenvalue weighted by Gasteiger charge is -2.36. The van der Waals surface area contributed by atoms with Crippen LogP contribution in [0.25, 0.3) is 32.9 Å². The van der Waals surface area contributed by atoms with Crippen LogP contribution in [0.1, 0.15) is 56.9 Å². The van der Waals surface area contributed by atoms with Crippen LogP contribution < -0.4 is 9.64 Å². The smallest absolute Gasteiger partial charge is 0.319 e. The van der Waals surface area contributed by atoms with E-state index in [0.717, 1.165) is 51.5 Å². The molecule has 8 rings (SSSR count). The number of rotatable bonds is 5. The van der Waals surface area contributed by atoms with Gasteiger partial charge in [0, 0.05) is 42.2 Å². The number of halogens is 3. The number of nitrogens with zero attached hydrogens (tertiary/aromatic N) is 5. The van der Waals surface area contributed by atoms with Crippen LogP contribution in [0.2, 0.25) is 0 Å². The number of alkyl halides is 1. The molecule has 226 valence electrons. The summed E-state index contributed by atoms with van der Waals surface area (Å²) in [6.45, 7) is 1.44. The minimum atomic E-state index is -0.906.